The second-order valence-electron chi connectivity index (χ2n) is 4.30. The third kappa shape index (κ3) is 1.92. The van der Waals surface area contributed by atoms with Gasteiger partial charge in [-0.2, -0.15) is 0 Å². The molecule has 1 aromatic rings. The first-order chi connectivity index (χ1) is 8.56. The van der Waals surface area contributed by atoms with Crippen LogP contribution < -0.4 is 4.74 Å². The summed E-state index contributed by atoms with van der Waals surface area (Å²) in [5.74, 6) is -0.605. The van der Waals surface area contributed by atoms with Gasteiger partial charge in [0.25, 0.3) is 5.91 Å². The predicted molar refractivity (Wildman–Crippen MR) is 64.8 cm³/mol. The second-order valence-corrected chi connectivity index (χ2v) is 4.30. The largest absolute Gasteiger partial charge is 0.496 e. The van der Waals surface area contributed by atoms with Crippen LogP contribution in [0.4, 0.5) is 0 Å². The number of ether oxygens (including phenoxy) is 1. The van der Waals surface area contributed by atoms with Crippen molar-refractivity contribution in [2.24, 2.45) is 0 Å². The van der Waals surface area contributed by atoms with Crippen LogP contribution in [0.25, 0.3) is 0 Å². The molecule has 96 valence electrons. The van der Waals surface area contributed by atoms with Crippen molar-refractivity contribution in [3.05, 3.63) is 29.3 Å². The number of hydrogen-bond acceptors (Lipinski definition) is 3. The van der Waals surface area contributed by atoms with Crippen LogP contribution in [0.15, 0.2) is 18.2 Å². The molecule has 1 aliphatic heterocycles. The summed E-state index contributed by atoms with van der Waals surface area (Å²) in [5.41, 5.74) is 1.32. The van der Waals surface area contributed by atoms with E-state index in [1.165, 1.54) is 11.9 Å². The van der Waals surface area contributed by atoms with E-state index in [9.17, 15) is 9.59 Å². The van der Waals surface area contributed by atoms with Crippen LogP contribution in [0.1, 0.15) is 22.3 Å². The number of carbonyl (C=O) groups is 2. The zero-order valence-corrected chi connectivity index (χ0v) is 10.3. The zero-order valence-electron chi connectivity index (χ0n) is 10.3. The lowest BCUT2D eigenvalue weighted by Crippen LogP contribution is -2.41. The van der Waals surface area contributed by atoms with E-state index in [4.69, 9.17) is 9.84 Å². The minimum atomic E-state index is -0.974. The summed E-state index contributed by atoms with van der Waals surface area (Å²) in [4.78, 5) is 24.7. The third-order valence-electron chi connectivity index (χ3n) is 3.32. The standard InChI is InChI=1S/C13H15NO4/c1-14-10(13(16)17)7-6-8-9(12(14)15)4-3-5-11(8)18-2/h3-5,10H,6-7H2,1-2H3,(H,16,17). The van der Waals surface area contributed by atoms with Crippen molar-refractivity contribution in [3.63, 3.8) is 0 Å². The molecule has 5 nitrogen and oxygen atoms in total. The lowest BCUT2D eigenvalue weighted by Gasteiger charge is -2.22. The van der Waals surface area contributed by atoms with Crippen molar-refractivity contribution < 1.29 is 19.4 Å². The molecule has 0 fully saturated rings. The maximum Gasteiger partial charge on any atom is 0.326 e. The number of likely N-dealkylation sites (N-methyl/N-ethyl adjacent to an activating group) is 1. The van der Waals surface area contributed by atoms with Crippen molar-refractivity contribution >= 4 is 11.9 Å². The Balaban J connectivity index is 2.48. The molecular formula is C13H15NO4. The van der Waals surface area contributed by atoms with Crippen molar-refractivity contribution in [3.8, 4) is 5.75 Å². The highest BCUT2D eigenvalue weighted by atomic mass is 16.5. The molecule has 0 aromatic heterocycles. The van der Waals surface area contributed by atoms with Crippen LogP contribution in [0.2, 0.25) is 0 Å². The molecule has 0 aliphatic carbocycles. The summed E-state index contributed by atoms with van der Waals surface area (Å²) in [7, 11) is 3.07. The number of carboxylic acids is 1. The van der Waals surface area contributed by atoms with E-state index >= 15 is 0 Å². The van der Waals surface area contributed by atoms with Crippen molar-refractivity contribution in [1.29, 1.82) is 0 Å². The Morgan fingerprint density at radius 3 is 2.83 bits per heavy atom. The average Bonchev–Trinajstić information content (AvgIpc) is 2.48. The number of methoxy groups -OCH3 is 1. The monoisotopic (exact) mass is 249 g/mol. The summed E-state index contributed by atoms with van der Waals surface area (Å²) in [6.45, 7) is 0. The van der Waals surface area contributed by atoms with Crippen LogP contribution in [0.3, 0.4) is 0 Å². The minimum Gasteiger partial charge on any atom is -0.496 e. The number of nitrogens with zero attached hydrogens (tertiary/aromatic N) is 1. The molecule has 1 amide bonds. The van der Waals surface area contributed by atoms with E-state index in [0.717, 1.165) is 5.56 Å². The van der Waals surface area contributed by atoms with Gasteiger partial charge in [-0.3, -0.25) is 4.79 Å². The molecule has 5 heteroatoms. The lowest BCUT2D eigenvalue weighted by molar-refractivity contribution is -0.142. The van der Waals surface area contributed by atoms with E-state index in [0.29, 0.717) is 24.2 Å². The molecule has 1 N–H and O–H groups in total. The molecule has 0 saturated carbocycles. The van der Waals surface area contributed by atoms with Crippen LogP contribution in [0, 0.1) is 0 Å². The van der Waals surface area contributed by atoms with Crippen LogP contribution in [-0.2, 0) is 11.2 Å². The molecule has 1 heterocycles. The zero-order chi connectivity index (χ0) is 13.3. The van der Waals surface area contributed by atoms with Gasteiger partial charge in [0.15, 0.2) is 0 Å². The highest BCUT2D eigenvalue weighted by Crippen LogP contribution is 2.29. The summed E-state index contributed by atoms with van der Waals surface area (Å²) in [5, 5.41) is 9.13. The highest BCUT2D eigenvalue weighted by Gasteiger charge is 2.32. The molecule has 1 atom stereocenters. The number of rotatable bonds is 2. The van der Waals surface area contributed by atoms with Gasteiger partial charge in [0.05, 0.1) is 7.11 Å². The Hall–Kier alpha value is -2.04. The van der Waals surface area contributed by atoms with Gasteiger partial charge in [0.2, 0.25) is 0 Å². The van der Waals surface area contributed by atoms with Crippen molar-refractivity contribution in [2.45, 2.75) is 18.9 Å². The number of benzene rings is 1. The summed E-state index contributed by atoms with van der Waals surface area (Å²) in [6.07, 6.45) is 0.914. The lowest BCUT2D eigenvalue weighted by atomic mass is 10.0. The van der Waals surface area contributed by atoms with Gasteiger partial charge in [0.1, 0.15) is 11.8 Å². The fourth-order valence-electron chi connectivity index (χ4n) is 2.31. The Kier molecular flexibility index (Phi) is 3.23. The van der Waals surface area contributed by atoms with Crippen LogP contribution in [-0.4, -0.2) is 42.1 Å². The summed E-state index contributed by atoms with van der Waals surface area (Å²) < 4.78 is 5.23. The molecule has 18 heavy (non-hydrogen) atoms. The Bertz CT molecular complexity index is 498. The summed E-state index contributed by atoms with van der Waals surface area (Å²) in [6, 6.07) is 4.45. The molecule has 1 unspecified atom stereocenters. The van der Waals surface area contributed by atoms with E-state index in [1.807, 2.05) is 0 Å². The normalized spacial score (nSPS) is 19.1. The van der Waals surface area contributed by atoms with Crippen molar-refractivity contribution in [1.82, 2.24) is 4.90 Å². The maximum absolute atomic E-state index is 12.2. The van der Waals surface area contributed by atoms with E-state index in [1.54, 1.807) is 25.3 Å². The van der Waals surface area contributed by atoms with Gasteiger partial charge in [-0.05, 0) is 25.0 Å². The molecule has 0 saturated heterocycles. The number of aliphatic carboxylic acids is 1. The van der Waals surface area contributed by atoms with E-state index < -0.39 is 12.0 Å². The summed E-state index contributed by atoms with van der Waals surface area (Å²) >= 11 is 0. The smallest absolute Gasteiger partial charge is 0.326 e. The molecule has 0 spiro atoms. The van der Waals surface area contributed by atoms with Crippen LogP contribution >= 0.6 is 0 Å². The number of fused-ring (bicyclic) bond motifs is 1. The van der Waals surface area contributed by atoms with E-state index in [-0.39, 0.29) is 5.91 Å². The predicted octanol–water partition coefficient (Wildman–Crippen LogP) is 1.17. The molecule has 1 aliphatic rings. The van der Waals surface area contributed by atoms with E-state index in [2.05, 4.69) is 0 Å². The van der Waals surface area contributed by atoms with Gasteiger partial charge in [-0.25, -0.2) is 4.79 Å². The quantitative estimate of drug-likeness (QED) is 0.854. The molecule has 2 rings (SSSR count). The van der Waals surface area contributed by atoms with Gasteiger partial charge in [-0.1, -0.05) is 6.07 Å². The number of amides is 1. The fraction of sp³-hybridized carbons (Fsp3) is 0.385. The Labute approximate surface area is 105 Å². The molecule has 0 radical (unpaired) electrons. The number of hydrogen-bond donors (Lipinski definition) is 1. The van der Waals surface area contributed by atoms with Crippen molar-refractivity contribution in [2.75, 3.05) is 14.2 Å². The maximum atomic E-state index is 12.2. The first-order valence-corrected chi connectivity index (χ1v) is 5.72. The fourth-order valence-corrected chi connectivity index (χ4v) is 2.31. The van der Waals surface area contributed by atoms with Crippen LogP contribution in [0.5, 0.6) is 5.75 Å². The minimum absolute atomic E-state index is 0.270. The van der Waals surface area contributed by atoms with Gasteiger partial charge < -0.3 is 14.7 Å². The molecule has 1 aromatic carbocycles. The number of carboxylic acid groups (broad SMARTS) is 1. The molecular weight excluding hydrogens is 234 g/mol. The molecule has 0 bridgehead atoms. The average molecular weight is 249 g/mol. The number of carbonyl (C=O) groups excluding carboxylic acids is 1. The van der Waals surface area contributed by atoms with Gasteiger partial charge >= 0.3 is 5.97 Å². The SMILES string of the molecule is COc1cccc2c1CCC(C(=O)O)N(C)C2=O. The first-order valence-electron chi connectivity index (χ1n) is 5.72. The first kappa shape index (κ1) is 12.4. The Morgan fingerprint density at radius 2 is 2.22 bits per heavy atom. The van der Waals surface area contributed by atoms with Gasteiger partial charge in [-0.15, -0.1) is 0 Å². The third-order valence-corrected chi connectivity index (χ3v) is 3.32. The second kappa shape index (κ2) is 4.68. The Morgan fingerprint density at radius 1 is 1.50 bits per heavy atom. The topological polar surface area (TPSA) is 66.8 Å². The van der Waals surface area contributed by atoms with Gasteiger partial charge in [0, 0.05) is 18.2 Å². The highest BCUT2D eigenvalue weighted by molar-refractivity contribution is 5.98.